The number of rotatable bonds is 7. The molecule has 0 saturated carbocycles. The molecule has 0 bridgehead atoms. The van der Waals surface area contributed by atoms with E-state index in [9.17, 15) is 0 Å². The van der Waals surface area contributed by atoms with Crippen molar-refractivity contribution in [2.75, 3.05) is 0 Å². The molecule has 0 aliphatic carbocycles. The summed E-state index contributed by atoms with van der Waals surface area (Å²) < 4.78 is 1.47. The quantitative estimate of drug-likeness (QED) is 0.524. The van der Waals surface area contributed by atoms with E-state index in [2.05, 4.69) is 48.3 Å². The van der Waals surface area contributed by atoms with Gasteiger partial charge in [0.15, 0.2) is 0 Å². The molecule has 1 rings (SSSR count). The summed E-state index contributed by atoms with van der Waals surface area (Å²) in [5.41, 5.74) is 0. The van der Waals surface area contributed by atoms with Crippen molar-refractivity contribution < 1.29 is 0 Å². The van der Waals surface area contributed by atoms with Gasteiger partial charge in [0.1, 0.15) is 0 Å². The molecule has 0 aromatic heterocycles. The average molecular weight is 267 g/mol. The maximum atomic E-state index is 2.36. The molecule has 0 amide bonds. The van der Waals surface area contributed by atoms with Gasteiger partial charge in [-0.1, -0.05) is 0 Å². The summed E-state index contributed by atoms with van der Waals surface area (Å²) >= 11 is 0.534. The van der Waals surface area contributed by atoms with Crippen LogP contribution in [0.1, 0.15) is 39.0 Å². The molecule has 0 aliphatic heterocycles. The predicted molar refractivity (Wildman–Crippen MR) is 69.7 cm³/mol. The monoisotopic (exact) mass is 268 g/mol. The third kappa shape index (κ3) is 6.54. The van der Waals surface area contributed by atoms with Gasteiger partial charge in [-0.3, -0.25) is 0 Å². The molecule has 0 atom stereocenters. The minimum atomic E-state index is 0.534. The second kappa shape index (κ2) is 8.76. The van der Waals surface area contributed by atoms with Crippen molar-refractivity contribution in [2.24, 2.45) is 0 Å². The zero-order valence-corrected chi connectivity index (χ0v) is 11.2. The molecule has 1 aromatic rings. The van der Waals surface area contributed by atoms with Crippen molar-refractivity contribution in [1.82, 2.24) is 0 Å². The van der Waals surface area contributed by atoms with Crippen LogP contribution in [0.25, 0.3) is 0 Å². The first-order chi connectivity index (χ1) is 7.43. The zero-order chi connectivity index (χ0) is 10.8. The van der Waals surface area contributed by atoms with E-state index >= 15 is 0 Å². The Kier molecular flexibility index (Phi) is 7.33. The molecule has 1 heteroatoms. The fourth-order valence-electron chi connectivity index (χ4n) is 1.38. The number of benzene rings is 1. The van der Waals surface area contributed by atoms with Crippen LogP contribution in [0.15, 0.2) is 41.4 Å². The van der Waals surface area contributed by atoms with Gasteiger partial charge in [-0.2, -0.15) is 0 Å². The molecule has 1 aromatic carbocycles. The number of allylic oxidation sites excluding steroid dienone is 1. The Bertz CT molecular complexity index is 264. The van der Waals surface area contributed by atoms with E-state index in [1.165, 1.54) is 36.6 Å². The van der Waals surface area contributed by atoms with Crippen LogP contribution in [0.2, 0.25) is 0 Å². The van der Waals surface area contributed by atoms with Gasteiger partial charge >= 0.3 is 99.8 Å². The fraction of sp³-hybridized carbons (Fsp3) is 0.429. The predicted octanol–water partition coefficient (Wildman–Crippen LogP) is 3.50. The van der Waals surface area contributed by atoms with Crippen molar-refractivity contribution in [2.45, 2.75) is 39.0 Å². The van der Waals surface area contributed by atoms with Gasteiger partial charge in [-0.15, -0.1) is 0 Å². The molecule has 0 unspecified atom stereocenters. The van der Waals surface area contributed by atoms with Crippen molar-refractivity contribution in [3.8, 4) is 0 Å². The van der Waals surface area contributed by atoms with Gasteiger partial charge in [0.25, 0.3) is 0 Å². The second-order valence-corrected chi connectivity index (χ2v) is 5.71. The number of unbranched alkanes of at least 4 members (excludes halogenated alkanes) is 4. The maximum absolute atomic E-state index is 2.36. The van der Waals surface area contributed by atoms with Crippen LogP contribution in [0.3, 0.4) is 0 Å². The Labute approximate surface area is 99.9 Å². The van der Waals surface area contributed by atoms with Crippen LogP contribution in [-0.2, 0) is 0 Å². The summed E-state index contributed by atoms with van der Waals surface area (Å²) in [6.07, 6.45) is 9.07. The molecular weight excluding hydrogens is 247 g/mol. The molecule has 15 heavy (non-hydrogen) atoms. The van der Waals surface area contributed by atoms with Crippen molar-refractivity contribution in [3.05, 3.63) is 41.4 Å². The van der Waals surface area contributed by atoms with E-state index in [0.29, 0.717) is 15.0 Å². The van der Waals surface area contributed by atoms with Crippen molar-refractivity contribution >= 4 is 19.4 Å². The van der Waals surface area contributed by atoms with Gasteiger partial charge < -0.3 is 0 Å². The van der Waals surface area contributed by atoms with Crippen molar-refractivity contribution in [3.63, 3.8) is 0 Å². The van der Waals surface area contributed by atoms with Gasteiger partial charge in [0, 0.05) is 0 Å². The first-order valence-electron chi connectivity index (χ1n) is 5.80. The van der Waals surface area contributed by atoms with E-state index < -0.39 is 0 Å². The van der Waals surface area contributed by atoms with E-state index in [1.54, 1.807) is 0 Å². The fourth-order valence-corrected chi connectivity index (χ4v) is 2.86. The van der Waals surface area contributed by atoms with Crippen LogP contribution in [0.4, 0.5) is 0 Å². The molecule has 0 nitrogen and oxygen atoms in total. The third-order valence-electron chi connectivity index (χ3n) is 2.27. The van der Waals surface area contributed by atoms with E-state index in [-0.39, 0.29) is 0 Å². The van der Waals surface area contributed by atoms with Gasteiger partial charge in [-0.25, -0.2) is 0 Å². The first kappa shape index (κ1) is 12.5. The standard InChI is InChI=1S/C14H20Se/c1-2-3-4-5-6-10-13-15-14-11-8-7-9-12-14/h7-13H,2-6H2,1H3/b13-10-. The van der Waals surface area contributed by atoms with Crippen LogP contribution < -0.4 is 4.46 Å². The van der Waals surface area contributed by atoms with Gasteiger partial charge in [-0.05, 0) is 0 Å². The Morgan fingerprint density at radius 1 is 1.07 bits per heavy atom. The molecule has 0 N–H and O–H groups in total. The summed E-state index contributed by atoms with van der Waals surface area (Å²) in [4.78, 5) is 2.36. The summed E-state index contributed by atoms with van der Waals surface area (Å²) in [6.45, 7) is 2.26. The molecule has 0 heterocycles. The normalized spacial score (nSPS) is 11.0. The number of hydrogen-bond donors (Lipinski definition) is 0. The second-order valence-electron chi connectivity index (χ2n) is 3.65. The van der Waals surface area contributed by atoms with E-state index in [4.69, 9.17) is 0 Å². The SMILES string of the molecule is CCCCCC/C=C\[Se]c1ccccc1. The Balaban J connectivity index is 2.07. The summed E-state index contributed by atoms with van der Waals surface area (Å²) in [6, 6.07) is 10.7. The molecule has 0 aliphatic rings. The van der Waals surface area contributed by atoms with Crippen LogP contribution in [0.5, 0.6) is 0 Å². The van der Waals surface area contributed by atoms with Crippen LogP contribution >= 0.6 is 0 Å². The Hall–Kier alpha value is -0.521. The minimum absolute atomic E-state index is 0.534. The summed E-state index contributed by atoms with van der Waals surface area (Å²) in [5.74, 6) is 0. The Morgan fingerprint density at radius 3 is 2.60 bits per heavy atom. The number of hydrogen-bond acceptors (Lipinski definition) is 0. The summed E-state index contributed by atoms with van der Waals surface area (Å²) in [5, 5.41) is 0. The van der Waals surface area contributed by atoms with E-state index in [1.807, 2.05) is 0 Å². The summed E-state index contributed by atoms with van der Waals surface area (Å²) in [7, 11) is 0. The van der Waals surface area contributed by atoms with Gasteiger partial charge in [0.05, 0.1) is 0 Å². The molecule has 0 saturated heterocycles. The van der Waals surface area contributed by atoms with Crippen LogP contribution in [0, 0.1) is 0 Å². The topological polar surface area (TPSA) is 0 Å². The molecule has 0 spiro atoms. The average Bonchev–Trinajstić information content (AvgIpc) is 2.29. The first-order valence-corrected chi connectivity index (χ1v) is 7.64. The molecule has 0 fully saturated rings. The van der Waals surface area contributed by atoms with E-state index in [0.717, 1.165) is 0 Å². The third-order valence-corrected chi connectivity index (χ3v) is 4.10. The molecule has 0 radical (unpaired) electrons. The van der Waals surface area contributed by atoms with Gasteiger partial charge in [0.2, 0.25) is 0 Å². The zero-order valence-electron chi connectivity index (χ0n) is 9.49. The Morgan fingerprint density at radius 2 is 1.87 bits per heavy atom. The van der Waals surface area contributed by atoms with Crippen molar-refractivity contribution in [1.29, 1.82) is 0 Å². The molecule has 82 valence electrons. The molecular formula is C14H20Se. The van der Waals surface area contributed by atoms with Crippen LogP contribution in [-0.4, -0.2) is 15.0 Å².